The van der Waals surface area contributed by atoms with Crippen molar-refractivity contribution in [3.63, 3.8) is 0 Å². The summed E-state index contributed by atoms with van der Waals surface area (Å²) in [7, 11) is 0. The van der Waals surface area contributed by atoms with E-state index < -0.39 is 0 Å². The fourth-order valence-corrected chi connectivity index (χ4v) is 8.47. The van der Waals surface area contributed by atoms with E-state index >= 15 is 0 Å². The third-order valence-corrected chi connectivity index (χ3v) is 10.6. The van der Waals surface area contributed by atoms with Gasteiger partial charge in [0.2, 0.25) is 0 Å². The Morgan fingerprint density at radius 1 is 0.378 bits per heavy atom. The summed E-state index contributed by atoms with van der Waals surface area (Å²) < 4.78 is 2.77. The smallest absolute Gasteiger partial charge is 0.0436 e. The molecule has 0 spiro atoms. The SMILES string of the molecule is c1ccc(-c2cccc(-c3cc(-c4cccc(-c5ccccc5)c4)c4c(c3)-c3c(ccc5c3sc3ccccc35)CC4)c2)cc1. The number of fused-ring (bicyclic) bond motifs is 7. The van der Waals surface area contributed by atoms with E-state index in [-0.39, 0.29) is 0 Å². The van der Waals surface area contributed by atoms with Gasteiger partial charge < -0.3 is 0 Å². The number of hydrogen-bond donors (Lipinski definition) is 0. The lowest BCUT2D eigenvalue weighted by Crippen LogP contribution is -2.06. The van der Waals surface area contributed by atoms with Crippen molar-refractivity contribution < 1.29 is 0 Å². The van der Waals surface area contributed by atoms with Gasteiger partial charge in [0, 0.05) is 25.7 Å². The second-order valence-corrected chi connectivity index (χ2v) is 13.1. The maximum atomic E-state index is 2.48. The van der Waals surface area contributed by atoms with E-state index in [9.17, 15) is 0 Å². The van der Waals surface area contributed by atoms with Crippen LogP contribution in [0.3, 0.4) is 0 Å². The number of rotatable bonds is 4. The van der Waals surface area contributed by atoms with Gasteiger partial charge in [0.05, 0.1) is 0 Å². The lowest BCUT2D eigenvalue weighted by Gasteiger charge is -2.25. The van der Waals surface area contributed by atoms with Gasteiger partial charge in [-0.25, -0.2) is 0 Å². The number of hydrogen-bond acceptors (Lipinski definition) is 1. The number of thiophene rings is 1. The van der Waals surface area contributed by atoms with E-state index in [1.807, 2.05) is 11.3 Å². The van der Waals surface area contributed by atoms with Crippen LogP contribution in [0, 0.1) is 0 Å². The zero-order valence-electron chi connectivity index (χ0n) is 24.8. The van der Waals surface area contributed by atoms with Gasteiger partial charge in [0.25, 0.3) is 0 Å². The Hall–Kier alpha value is -5.24. The van der Waals surface area contributed by atoms with Gasteiger partial charge in [0.1, 0.15) is 0 Å². The molecule has 8 aromatic rings. The highest BCUT2D eigenvalue weighted by Crippen LogP contribution is 2.48. The molecule has 1 aliphatic rings. The average molecular weight is 591 g/mol. The van der Waals surface area contributed by atoms with Crippen LogP contribution in [-0.2, 0) is 12.8 Å². The standard InChI is InChI=1S/C44H30S/c1-3-11-29(12-4-1)32-15-9-17-34(25-32)36-27-40(35-18-10-16-33(26-35)30-13-5-2-6-14-30)37-23-21-31-22-24-39-38-19-7-8-20-42(38)45-44(39)43(31)41(37)28-36/h1-20,22,24-28H,21,23H2. The fraction of sp³-hybridized carbons (Fsp3) is 0.0455. The summed E-state index contributed by atoms with van der Waals surface area (Å²) in [4.78, 5) is 0. The highest BCUT2D eigenvalue weighted by Gasteiger charge is 2.24. The molecule has 0 N–H and O–H groups in total. The van der Waals surface area contributed by atoms with E-state index in [1.165, 1.54) is 86.9 Å². The molecule has 0 saturated carbocycles. The molecule has 0 saturated heterocycles. The van der Waals surface area contributed by atoms with E-state index in [0.717, 1.165) is 12.8 Å². The first-order valence-electron chi connectivity index (χ1n) is 15.7. The van der Waals surface area contributed by atoms with Gasteiger partial charge in [0.15, 0.2) is 0 Å². The summed E-state index contributed by atoms with van der Waals surface area (Å²) in [6, 6.07) is 58.1. The van der Waals surface area contributed by atoms with Crippen molar-refractivity contribution in [3.05, 3.63) is 169 Å². The maximum Gasteiger partial charge on any atom is 0.0436 e. The molecule has 9 rings (SSSR count). The highest BCUT2D eigenvalue weighted by atomic mass is 32.1. The molecule has 45 heavy (non-hydrogen) atoms. The second kappa shape index (κ2) is 10.7. The minimum absolute atomic E-state index is 1.04. The monoisotopic (exact) mass is 590 g/mol. The Morgan fingerprint density at radius 2 is 0.956 bits per heavy atom. The van der Waals surface area contributed by atoms with Crippen LogP contribution < -0.4 is 0 Å². The molecule has 0 aliphatic heterocycles. The number of aryl methyl sites for hydroxylation is 1. The van der Waals surface area contributed by atoms with Gasteiger partial charge >= 0.3 is 0 Å². The Balaban J connectivity index is 1.31. The quantitative estimate of drug-likeness (QED) is 0.191. The third kappa shape index (κ3) is 4.51. The van der Waals surface area contributed by atoms with Gasteiger partial charge in [-0.15, -0.1) is 11.3 Å². The largest absolute Gasteiger partial charge is 0.135 e. The van der Waals surface area contributed by atoms with Crippen molar-refractivity contribution in [2.45, 2.75) is 12.8 Å². The fourth-order valence-electron chi connectivity index (χ4n) is 7.19. The molecule has 0 fully saturated rings. The molecule has 0 amide bonds. The molecule has 0 nitrogen and oxygen atoms in total. The zero-order valence-corrected chi connectivity index (χ0v) is 25.7. The Morgan fingerprint density at radius 3 is 1.69 bits per heavy atom. The Bertz CT molecular complexity index is 2360. The van der Waals surface area contributed by atoms with Crippen LogP contribution in [0.25, 0.3) is 75.8 Å². The molecular weight excluding hydrogens is 561 g/mol. The molecular formula is C44H30S. The molecule has 212 valence electrons. The van der Waals surface area contributed by atoms with E-state index in [4.69, 9.17) is 0 Å². The average Bonchev–Trinajstić information content (AvgIpc) is 3.51. The van der Waals surface area contributed by atoms with Crippen LogP contribution >= 0.6 is 11.3 Å². The van der Waals surface area contributed by atoms with Crippen LogP contribution in [0.1, 0.15) is 11.1 Å². The molecule has 1 aromatic heterocycles. The predicted molar refractivity (Wildman–Crippen MR) is 194 cm³/mol. The summed E-state index contributed by atoms with van der Waals surface area (Å²) in [5.74, 6) is 0. The summed E-state index contributed by atoms with van der Waals surface area (Å²) in [6.45, 7) is 0. The molecule has 0 atom stereocenters. The van der Waals surface area contributed by atoms with Crippen molar-refractivity contribution in [1.29, 1.82) is 0 Å². The van der Waals surface area contributed by atoms with Crippen molar-refractivity contribution in [2.24, 2.45) is 0 Å². The third-order valence-electron chi connectivity index (χ3n) is 9.38. The first-order chi connectivity index (χ1) is 22.3. The first-order valence-corrected chi connectivity index (χ1v) is 16.5. The van der Waals surface area contributed by atoms with Gasteiger partial charge in [-0.05, 0) is 104 Å². The molecule has 0 unspecified atom stereocenters. The Kier molecular flexibility index (Phi) is 6.25. The minimum Gasteiger partial charge on any atom is -0.135 e. The topological polar surface area (TPSA) is 0 Å². The zero-order chi connectivity index (χ0) is 29.7. The summed E-state index contributed by atoms with van der Waals surface area (Å²) >= 11 is 1.94. The summed E-state index contributed by atoms with van der Waals surface area (Å²) in [5, 5.41) is 2.72. The minimum atomic E-state index is 1.04. The molecule has 0 radical (unpaired) electrons. The number of benzene rings is 7. The second-order valence-electron chi connectivity index (χ2n) is 12.0. The molecule has 0 bridgehead atoms. The van der Waals surface area contributed by atoms with Gasteiger partial charge in [-0.1, -0.05) is 127 Å². The van der Waals surface area contributed by atoms with Crippen LogP contribution in [0.15, 0.2) is 158 Å². The predicted octanol–water partition coefficient (Wildman–Crippen LogP) is 12.5. The van der Waals surface area contributed by atoms with Crippen LogP contribution in [-0.4, -0.2) is 0 Å². The summed E-state index contributed by atoms with van der Waals surface area (Å²) in [6.07, 6.45) is 2.09. The van der Waals surface area contributed by atoms with Crippen LogP contribution in [0.4, 0.5) is 0 Å². The van der Waals surface area contributed by atoms with Gasteiger partial charge in [-0.3, -0.25) is 0 Å². The van der Waals surface area contributed by atoms with Crippen LogP contribution in [0.5, 0.6) is 0 Å². The molecule has 1 heteroatoms. The first kappa shape index (κ1) is 26.2. The lowest BCUT2D eigenvalue weighted by molar-refractivity contribution is 0.947. The lowest BCUT2D eigenvalue weighted by atomic mass is 9.79. The van der Waals surface area contributed by atoms with Gasteiger partial charge in [-0.2, -0.15) is 0 Å². The Labute approximate surface area is 267 Å². The van der Waals surface area contributed by atoms with Crippen molar-refractivity contribution >= 4 is 31.5 Å². The molecule has 7 aromatic carbocycles. The summed E-state index contributed by atoms with van der Waals surface area (Å²) in [5.41, 5.74) is 15.8. The van der Waals surface area contributed by atoms with E-state index in [2.05, 4.69) is 158 Å². The van der Waals surface area contributed by atoms with Crippen LogP contribution in [0.2, 0.25) is 0 Å². The molecule has 1 heterocycles. The molecule has 1 aliphatic carbocycles. The van der Waals surface area contributed by atoms with Crippen molar-refractivity contribution in [1.82, 2.24) is 0 Å². The maximum absolute atomic E-state index is 2.48. The van der Waals surface area contributed by atoms with Crippen molar-refractivity contribution in [2.75, 3.05) is 0 Å². The van der Waals surface area contributed by atoms with Crippen molar-refractivity contribution in [3.8, 4) is 55.6 Å². The van der Waals surface area contributed by atoms with E-state index in [0.29, 0.717) is 0 Å². The van der Waals surface area contributed by atoms with E-state index in [1.54, 1.807) is 0 Å². The highest BCUT2D eigenvalue weighted by molar-refractivity contribution is 7.26. The normalized spacial score (nSPS) is 12.3.